The molecule has 0 aliphatic carbocycles. The lowest BCUT2D eigenvalue weighted by molar-refractivity contribution is -0.128. The van der Waals surface area contributed by atoms with E-state index in [1.807, 2.05) is 20.8 Å². The van der Waals surface area contributed by atoms with E-state index in [9.17, 15) is 18.0 Å². The molecule has 2 aromatic rings. The van der Waals surface area contributed by atoms with Crippen molar-refractivity contribution in [2.24, 2.45) is 0 Å². The second kappa shape index (κ2) is 10.4. The van der Waals surface area contributed by atoms with Gasteiger partial charge in [0.2, 0.25) is 21.8 Å². The van der Waals surface area contributed by atoms with Crippen molar-refractivity contribution in [1.82, 2.24) is 15.6 Å². The molecule has 0 aromatic heterocycles. The molecule has 0 spiro atoms. The van der Waals surface area contributed by atoms with Crippen LogP contribution in [0.5, 0.6) is 5.75 Å². The predicted octanol–water partition coefficient (Wildman–Crippen LogP) is 2.05. The van der Waals surface area contributed by atoms with Gasteiger partial charge in [-0.15, -0.1) is 0 Å². The highest BCUT2D eigenvalue weighted by Gasteiger charge is 2.17. The summed E-state index contributed by atoms with van der Waals surface area (Å²) in [7, 11) is -2.17. The van der Waals surface area contributed by atoms with Crippen LogP contribution in [-0.4, -0.2) is 33.9 Å². The van der Waals surface area contributed by atoms with Crippen molar-refractivity contribution in [3.63, 3.8) is 0 Å². The van der Waals surface area contributed by atoms with Crippen LogP contribution in [0.3, 0.4) is 0 Å². The molecular formula is C22H29N3O5S. The largest absolute Gasteiger partial charge is 0.497 e. The van der Waals surface area contributed by atoms with Gasteiger partial charge < -0.3 is 4.74 Å². The minimum Gasteiger partial charge on any atom is -0.497 e. The minimum atomic E-state index is -3.72. The Hall–Kier alpha value is -2.91. The third-order valence-electron chi connectivity index (χ3n) is 4.54. The van der Waals surface area contributed by atoms with E-state index in [2.05, 4.69) is 15.6 Å². The van der Waals surface area contributed by atoms with Crippen LogP contribution in [0.25, 0.3) is 0 Å². The SMILES string of the molecule is COc1ccc(CC(=O)NNC(=O)CCNS(=O)(=O)c2ccc(C(C)(C)C)cc2)cc1. The summed E-state index contributed by atoms with van der Waals surface area (Å²) in [6.45, 7) is 6.04. The molecule has 0 bridgehead atoms. The topological polar surface area (TPSA) is 114 Å². The summed E-state index contributed by atoms with van der Waals surface area (Å²) in [4.78, 5) is 23.9. The molecule has 0 heterocycles. The second-order valence-electron chi connectivity index (χ2n) is 8.04. The first-order valence-corrected chi connectivity index (χ1v) is 11.3. The highest BCUT2D eigenvalue weighted by molar-refractivity contribution is 7.89. The van der Waals surface area contributed by atoms with Crippen molar-refractivity contribution in [2.45, 2.75) is 43.9 Å². The summed E-state index contributed by atoms with van der Waals surface area (Å²) in [6, 6.07) is 13.6. The minimum absolute atomic E-state index is 0.0778. The van der Waals surface area contributed by atoms with Crippen molar-refractivity contribution in [3.8, 4) is 5.75 Å². The summed E-state index contributed by atoms with van der Waals surface area (Å²) in [6.07, 6.45) is -0.0381. The average molecular weight is 448 g/mol. The zero-order valence-corrected chi connectivity index (χ0v) is 19.0. The van der Waals surface area contributed by atoms with Crippen LogP contribution in [0.2, 0.25) is 0 Å². The Balaban J connectivity index is 1.75. The fraction of sp³-hybridized carbons (Fsp3) is 0.364. The van der Waals surface area contributed by atoms with Gasteiger partial charge in [0.25, 0.3) is 0 Å². The van der Waals surface area contributed by atoms with Crippen LogP contribution < -0.4 is 20.3 Å². The van der Waals surface area contributed by atoms with E-state index in [0.717, 1.165) is 11.1 Å². The van der Waals surface area contributed by atoms with Gasteiger partial charge in [0, 0.05) is 13.0 Å². The average Bonchev–Trinajstić information content (AvgIpc) is 2.72. The number of hydrogen-bond donors (Lipinski definition) is 3. The van der Waals surface area contributed by atoms with Gasteiger partial charge in [0.1, 0.15) is 5.75 Å². The van der Waals surface area contributed by atoms with Gasteiger partial charge in [0.05, 0.1) is 18.4 Å². The van der Waals surface area contributed by atoms with Crippen LogP contribution in [0.15, 0.2) is 53.4 Å². The van der Waals surface area contributed by atoms with E-state index < -0.39 is 21.8 Å². The van der Waals surface area contributed by atoms with Gasteiger partial charge in [0.15, 0.2) is 0 Å². The van der Waals surface area contributed by atoms with Crippen LogP contribution in [-0.2, 0) is 31.4 Å². The second-order valence-corrected chi connectivity index (χ2v) is 9.81. The van der Waals surface area contributed by atoms with Gasteiger partial charge in [-0.05, 0) is 40.8 Å². The number of methoxy groups -OCH3 is 1. The van der Waals surface area contributed by atoms with E-state index in [4.69, 9.17) is 4.74 Å². The highest BCUT2D eigenvalue weighted by atomic mass is 32.2. The summed E-state index contributed by atoms with van der Waals surface area (Å²) < 4.78 is 32.2. The molecule has 31 heavy (non-hydrogen) atoms. The Morgan fingerprint density at radius 2 is 1.48 bits per heavy atom. The number of rotatable bonds is 8. The Morgan fingerprint density at radius 3 is 2.03 bits per heavy atom. The van der Waals surface area contributed by atoms with Gasteiger partial charge in [-0.3, -0.25) is 20.4 Å². The van der Waals surface area contributed by atoms with Crippen molar-refractivity contribution < 1.29 is 22.7 Å². The highest BCUT2D eigenvalue weighted by Crippen LogP contribution is 2.23. The van der Waals surface area contributed by atoms with E-state index in [1.54, 1.807) is 55.6 Å². The number of hydrogen-bond acceptors (Lipinski definition) is 5. The molecule has 9 heteroatoms. The fourth-order valence-electron chi connectivity index (χ4n) is 2.69. The maximum Gasteiger partial charge on any atom is 0.242 e. The van der Waals surface area contributed by atoms with Crippen molar-refractivity contribution >= 4 is 21.8 Å². The van der Waals surface area contributed by atoms with Gasteiger partial charge in [-0.1, -0.05) is 45.0 Å². The van der Waals surface area contributed by atoms with Crippen molar-refractivity contribution in [2.75, 3.05) is 13.7 Å². The van der Waals surface area contributed by atoms with Gasteiger partial charge in [-0.25, -0.2) is 13.1 Å². The maximum atomic E-state index is 12.4. The molecule has 0 saturated carbocycles. The lowest BCUT2D eigenvalue weighted by Gasteiger charge is -2.19. The van der Waals surface area contributed by atoms with Crippen LogP contribution in [0.4, 0.5) is 0 Å². The normalized spacial score (nSPS) is 11.6. The molecule has 0 aliphatic heterocycles. The molecule has 168 valence electrons. The fourth-order valence-corrected chi connectivity index (χ4v) is 3.72. The van der Waals surface area contributed by atoms with Crippen molar-refractivity contribution in [1.29, 1.82) is 0 Å². The quantitative estimate of drug-likeness (QED) is 0.536. The lowest BCUT2D eigenvalue weighted by atomic mass is 9.87. The number of amides is 2. The standard InChI is InChI=1S/C22H29N3O5S/c1-22(2,3)17-7-11-19(12-8-17)31(28,29)23-14-13-20(26)24-25-21(27)15-16-5-9-18(30-4)10-6-16/h5-12,23H,13-15H2,1-4H3,(H,24,26)(H,25,27). The Bertz CT molecular complexity index is 995. The molecule has 2 rings (SSSR count). The van der Waals surface area contributed by atoms with E-state index in [-0.39, 0.29) is 29.7 Å². The molecule has 2 aromatic carbocycles. The third-order valence-corrected chi connectivity index (χ3v) is 6.02. The first kappa shape index (κ1) is 24.4. The van der Waals surface area contributed by atoms with Crippen LogP contribution in [0, 0.1) is 0 Å². The zero-order chi connectivity index (χ0) is 23.1. The predicted molar refractivity (Wildman–Crippen MR) is 118 cm³/mol. The number of benzene rings is 2. The number of sulfonamides is 1. The first-order chi connectivity index (χ1) is 14.5. The molecule has 0 fully saturated rings. The molecular weight excluding hydrogens is 418 g/mol. The van der Waals surface area contributed by atoms with E-state index in [1.165, 1.54) is 0 Å². The Kier molecular flexibility index (Phi) is 8.18. The molecule has 0 radical (unpaired) electrons. The molecule has 2 amide bonds. The third kappa shape index (κ3) is 7.69. The number of carbonyl (C=O) groups is 2. The Morgan fingerprint density at radius 1 is 0.903 bits per heavy atom. The zero-order valence-electron chi connectivity index (χ0n) is 18.2. The molecule has 0 saturated heterocycles. The summed E-state index contributed by atoms with van der Waals surface area (Å²) in [5.74, 6) is -0.211. The number of hydrazine groups is 1. The van der Waals surface area contributed by atoms with Crippen LogP contribution in [0.1, 0.15) is 38.3 Å². The van der Waals surface area contributed by atoms with Gasteiger partial charge in [-0.2, -0.15) is 0 Å². The van der Waals surface area contributed by atoms with Crippen molar-refractivity contribution in [3.05, 3.63) is 59.7 Å². The first-order valence-electron chi connectivity index (χ1n) is 9.82. The number of carbonyl (C=O) groups excluding carboxylic acids is 2. The molecule has 0 unspecified atom stereocenters. The van der Waals surface area contributed by atoms with E-state index >= 15 is 0 Å². The maximum absolute atomic E-state index is 12.4. The summed E-state index contributed by atoms with van der Waals surface area (Å²) in [5, 5.41) is 0. The number of ether oxygens (including phenoxy) is 1. The van der Waals surface area contributed by atoms with Crippen LogP contribution >= 0.6 is 0 Å². The molecule has 8 nitrogen and oxygen atoms in total. The summed E-state index contributed by atoms with van der Waals surface area (Å²) in [5.41, 5.74) is 6.30. The molecule has 3 N–H and O–H groups in total. The Labute approximate surface area is 183 Å². The summed E-state index contributed by atoms with van der Waals surface area (Å²) >= 11 is 0. The van der Waals surface area contributed by atoms with Gasteiger partial charge >= 0.3 is 0 Å². The monoisotopic (exact) mass is 447 g/mol. The van der Waals surface area contributed by atoms with E-state index in [0.29, 0.717) is 5.75 Å². The number of nitrogens with one attached hydrogen (secondary N) is 3. The smallest absolute Gasteiger partial charge is 0.242 e. The molecule has 0 atom stereocenters. The lowest BCUT2D eigenvalue weighted by Crippen LogP contribution is -2.43. The molecule has 0 aliphatic rings.